The zero-order chi connectivity index (χ0) is 20.2. The summed E-state index contributed by atoms with van der Waals surface area (Å²) in [7, 11) is 3.24. The highest BCUT2D eigenvalue weighted by Crippen LogP contribution is 2.36. The van der Waals surface area contributed by atoms with Crippen LogP contribution in [0.25, 0.3) is 10.9 Å². The van der Waals surface area contributed by atoms with E-state index < -0.39 is 0 Å². The van der Waals surface area contributed by atoms with E-state index in [0.717, 1.165) is 46.9 Å². The Morgan fingerprint density at radius 3 is 2.66 bits per heavy atom. The summed E-state index contributed by atoms with van der Waals surface area (Å²) in [6.45, 7) is 1.50. The van der Waals surface area contributed by atoms with Gasteiger partial charge in [-0.25, -0.2) is 0 Å². The van der Waals surface area contributed by atoms with Crippen LogP contribution >= 0.6 is 11.8 Å². The summed E-state index contributed by atoms with van der Waals surface area (Å²) in [6.07, 6.45) is 1.67. The molecule has 1 saturated heterocycles. The quantitative estimate of drug-likeness (QED) is 0.682. The summed E-state index contributed by atoms with van der Waals surface area (Å²) in [5.41, 5.74) is 2.83. The molecule has 150 valence electrons. The van der Waals surface area contributed by atoms with Gasteiger partial charge >= 0.3 is 0 Å². The van der Waals surface area contributed by atoms with Crippen molar-refractivity contribution in [1.82, 2.24) is 9.88 Å². The van der Waals surface area contributed by atoms with Crippen LogP contribution in [0.1, 0.15) is 10.4 Å². The molecule has 1 N–H and O–H groups in total. The Morgan fingerprint density at radius 1 is 1.10 bits per heavy atom. The van der Waals surface area contributed by atoms with E-state index >= 15 is 0 Å². The second kappa shape index (κ2) is 8.61. The van der Waals surface area contributed by atoms with Crippen molar-refractivity contribution in [2.75, 3.05) is 44.1 Å². The standard InChI is InChI=1S/C22H23N3O3S/c1-27-15-7-8-20(28-2)19(13-15)24-21-16-5-3-4-6-18(16)23-14-17(21)22(26)25-9-11-29-12-10-25/h3-8,13-14H,9-12H2,1-2H3,(H,23,24). The van der Waals surface area contributed by atoms with Gasteiger partial charge in [0, 0.05) is 42.2 Å². The van der Waals surface area contributed by atoms with Crippen LogP contribution in [0.3, 0.4) is 0 Å². The lowest BCUT2D eigenvalue weighted by molar-refractivity contribution is 0.0773. The summed E-state index contributed by atoms with van der Waals surface area (Å²) < 4.78 is 10.9. The van der Waals surface area contributed by atoms with Crippen molar-refractivity contribution in [1.29, 1.82) is 0 Å². The van der Waals surface area contributed by atoms with Gasteiger partial charge < -0.3 is 19.7 Å². The van der Waals surface area contributed by atoms with Gasteiger partial charge in [-0.05, 0) is 18.2 Å². The molecule has 3 aromatic rings. The molecule has 0 bridgehead atoms. The van der Waals surface area contributed by atoms with Crippen LogP contribution in [0, 0.1) is 0 Å². The number of aromatic nitrogens is 1. The Morgan fingerprint density at radius 2 is 1.90 bits per heavy atom. The van der Waals surface area contributed by atoms with E-state index in [1.165, 1.54) is 0 Å². The number of pyridine rings is 1. The number of anilines is 2. The molecule has 1 fully saturated rings. The first-order valence-electron chi connectivity index (χ1n) is 9.45. The molecule has 6 nitrogen and oxygen atoms in total. The SMILES string of the molecule is COc1ccc(OC)c(Nc2c(C(=O)N3CCSCC3)cnc3ccccc23)c1. The number of carbonyl (C=O) groups excluding carboxylic acids is 1. The van der Waals surface area contributed by atoms with Gasteiger partial charge in [0.25, 0.3) is 5.91 Å². The molecule has 1 amide bonds. The summed E-state index contributed by atoms with van der Waals surface area (Å²) >= 11 is 1.87. The second-order valence-corrected chi connectivity index (χ2v) is 7.88. The third kappa shape index (κ3) is 3.96. The number of methoxy groups -OCH3 is 2. The number of nitrogens with one attached hydrogen (secondary N) is 1. The van der Waals surface area contributed by atoms with Crippen LogP contribution in [0.4, 0.5) is 11.4 Å². The van der Waals surface area contributed by atoms with E-state index in [0.29, 0.717) is 17.1 Å². The Kier molecular flexibility index (Phi) is 5.76. The maximum absolute atomic E-state index is 13.3. The van der Waals surface area contributed by atoms with Crippen molar-refractivity contribution in [2.45, 2.75) is 0 Å². The third-order valence-electron chi connectivity index (χ3n) is 4.97. The van der Waals surface area contributed by atoms with E-state index in [-0.39, 0.29) is 5.91 Å². The molecular weight excluding hydrogens is 386 g/mol. The molecule has 1 aromatic heterocycles. The number of thioether (sulfide) groups is 1. The minimum Gasteiger partial charge on any atom is -0.497 e. The predicted molar refractivity (Wildman–Crippen MR) is 118 cm³/mol. The minimum absolute atomic E-state index is 0.00656. The number of hydrogen-bond donors (Lipinski definition) is 1. The van der Waals surface area contributed by atoms with E-state index in [1.54, 1.807) is 20.4 Å². The lowest BCUT2D eigenvalue weighted by Crippen LogP contribution is -2.38. The molecule has 0 unspecified atom stereocenters. The van der Waals surface area contributed by atoms with Gasteiger partial charge in [-0.1, -0.05) is 18.2 Å². The van der Waals surface area contributed by atoms with Crippen molar-refractivity contribution in [3.05, 3.63) is 54.2 Å². The van der Waals surface area contributed by atoms with E-state index in [4.69, 9.17) is 9.47 Å². The van der Waals surface area contributed by atoms with Gasteiger partial charge in [-0.15, -0.1) is 0 Å². The van der Waals surface area contributed by atoms with E-state index in [1.807, 2.05) is 59.1 Å². The van der Waals surface area contributed by atoms with Crippen molar-refractivity contribution in [3.8, 4) is 11.5 Å². The fourth-order valence-electron chi connectivity index (χ4n) is 3.42. The van der Waals surface area contributed by atoms with Crippen LogP contribution in [-0.4, -0.2) is 54.6 Å². The van der Waals surface area contributed by atoms with Crippen LogP contribution in [0.15, 0.2) is 48.7 Å². The number of nitrogens with zero attached hydrogens (tertiary/aromatic N) is 2. The van der Waals surface area contributed by atoms with E-state index in [9.17, 15) is 4.79 Å². The predicted octanol–water partition coefficient (Wildman–Crippen LogP) is 4.18. The average Bonchev–Trinajstić information content (AvgIpc) is 2.79. The van der Waals surface area contributed by atoms with Gasteiger partial charge in [0.15, 0.2) is 0 Å². The molecule has 0 atom stereocenters. The number of para-hydroxylation sites is 1. The van der Waals surface area contributed by atoms with Gasteiger partial charge in [0.2, 0.25) is 0 Å². The third-order valence-corrected chi connectivity index (χ3v) is 5.91. The Balaban J connectivity index is 1.82. The highest BCUT2D eigenvalue weighted by Gasteiger charge is 2.23. The molecule has 0 aliphatic carbocycles. The molecule has 1 aliphatic heterocycles. The summed E-state index contributed by atoms with van der Waals surface area (Å²) in [5, 5.41) is 4.32. The fourth-order valence-corrected chi connectivity index (χ4v) is 4.32. The van der Waals surface area contributed by atoms with Crippen molar-refractivity contribution >= 4 is 39.9 Å². The summed E-state index contributed by atoms with van der Waals surface area (Å²) in [6, 6.07) is 13.3. The number of benzene rings is 2. The Hall–Kier alpha value is -2.93. The first kappa shape index (κ1) is 19.4. The van der Waals surface area contributed by atoms with Crippen LogP contribution in [0.2, 0.25) is 0 Å². The van der Waals surface area contributed by atoms with Crippen LogP contribution in [-0.2, 0) is 0 Å². The number of carbonyl (C=O) groups is 1. The van der Waals surface area contributed by atoms with Gasteiger partial charge in [0.1, 0.15) is 11.5 Å². The first-order chi connectivity index (χ1) is 14.2. The van der Waals surface area contributed by atoms with Crippen molar-refractivity contribution in [3.63, 3.8) is 0 Å². The molecule has 2 aromatic carbocycles. The van der Waals surface area contributed by atoms with Gasteiger partial charge in [0.05, 0.1) is 36.7 Å². The molecule has 1 aliphatic rings. The molecular formula is C22H23N3O3S. The molecule has 0 spiro atoms. The maximum Gasteiger partial charge on any atom is 0.257 e. The Bertz CT molecular complexity index is 1030. The number of rotatable bonds is 5. The first-order valence-corrected chi connectivity index (χ1v) is 10.6. The highest BCUT2D eigenvalue weighted by molar-refractivity contribution is 7.99. The van der Waals surface area contributed by atoms with Crippen LogP contribution in [0.5, 0.6) is 11.5 Å². The summed E-state index contributed by atoms with van der Waals surface area (Å²) in [5.74, 6) is 3.28. The molecule has 0 saturated carbocycles. The van der Waals surface area contributed by atoms with E-state index in [2.05, 4.69) is 10.3 Å². The second-order valence-electron chi connectivity index (χ2n) is 6.66. The number of fused-ring (bicyclic) bond motifs is 1. The molecule has 7 heteroatoms. The largest absolute Gasteiger partial charge is 0.497 e. The van der Waals surface area contributed by atoms with Crippen molar-refractivity contribution < 1.29 is 14.3 Å². The lowest BCUT2D eigenvalue weighted by atomic mass is 10.1. The number of amides is 1. The molecule has 29 heavy (non-hydrogen) atoms. The van der Waals surface area contributed by atoms with Crippen molar-refractivity contribution in [2.24, 2.45) is 0 Å². The van der Waals surface area contributed by atoms with Gasteiger partial charge in [-0.2, -0.15) is 11.8 Å². The number of ether oxygens (including phenoxy) is 2. The minimum atomic E-state index is -0.00656. The van der Waals surface area contributed by atoms with Gasteiger partial charge in [-0.3, -0.25) is 9.78 Å². The monoisotopic (exact) mass is 409 g/mol. The normalized spacial score (nSPS) is 13.9. The summed E-state index contributed by atoms with van der Waals surface area (Å²) in [4.78, 5) is 19.7. The average molecular weight is 410 g/mol. The zero-order valence-electron chi connectivity index (χ0n) is 16.5. The number of hydrogen-bond acceptors (Lipinski definition) is 6. The smallest absolute Gasteiger partial charge is 0.257 e. The zero-order valence-corrected chi connectivity index (χ0v) is 17.3. The molecule has 0 radical (unpaired) electrons. The van der Waals surface area contributed by atoms with Crippen LogP contribution < -0.4 is 14.8 Å². The Labute approximate surface area is 174 Å². The lowest BCUT2D eigenvalue weighted by Gasteiger charge is -2.27. The maximum atomic E-state index is 13.3. The topological polar surface area (TPSA) is 63.7 Å². The molecule has 2 heterocycles. The fraction of sp³-hybridized carbons (Fsp3) is 0.273. The molecule has 4 rings (SSSR count). The highest BCUT2D eigenvalue weighted by atomic mass is 32.2.